The number of hydrogen-bond donors (Lipinski definition) is 1. The molecule has 1 N–H and O–H groups in total. The van der Waals surface area contributed by atoms with Crippen LogP contribution in [0.5, 0.6) is 11.5 Å². The molecule has 1 aliphatic heterocycles. The largest absolute Gasteiger partial charge is 0.497 e. The molecule has 6 heteroatoms. The number of hydrazine groups is 1. The van der Waals surface area contributed by atoms with Gasteiger partial charge in [0.2, 0.25) is 0 Å². The van der Waals surface area contributed by atoms with Crippen molar-refractivity contribution >= 4 is 23.1 Å². The summed E-state index contributed by atoms with van der Waals surface area (Å²) in [7, 11) is 3.09. The van der Waals surface area contributed by atoms with E-state index in [9.17, 15) is 9.59 Å². The quantitative estimate of drug-likeness (QED) is 0.856. The van der Waals surface area contributed by atoms with Crippen LogP contribution in [0.15, 0.2) is 54.6 Å². The molecule has 0 saturated heterocycles. The molecule has 0 unspecified atom stereocenters. The lowest BCUT2D eigenvalue weighted by atomic mass is 10.1. The van der Waals surface area contributed by atoms with Gasteiger partial charge in [0.05, 0.1) is 25.5 Å². The third-order valence-corrected chi connectivity index (χ3v) is 3.66. The van der Waals surface area contributed by atoms with E-state index in [-0.39, 0.29) is 0 Å². The SMILES string of the molecule is COc1ccc(C2=CC(=O)N(Nc3ccccc3OC)C2=O)cc1. The van der Waals surface area contributed by atoms with Crippen LogP contribution >= 0.6 is 0 Å². The molecule has 2 amide bonds. The Labute approximate surface area is 139 Å². The zero-order chi connectivity index (χ0) is 17.1. The van der Waals surface area contributed by atoms with Crippen LogP contribution in [-0.4, -0.2) is 31.0 Å². The van der Waals surface area contributed by atoms with Gasteiger partial charge in [0.1, 0.15) is 11.5 Å². The van der Waals surface area contributed by atoms with Gasteiger partial charge in [-0.25, -0.2) is 0 Å². The molecule has 0 fully saturated rings. The molecule has 6 nitrogen and oxygen atoms in total. The smallest absolute Gasteiger partial charge is 0.280 e. The number of hydrogen-bond acceptors (Lipinski definition) is 5. The summed E-state index contributed by atoms with van der Waals surface area (Å²) in [5.41, 5.74) is 4.32. The molecule has 2 aromatic rings. The predicted octanol–water partition coefficient (Wildman–Crippen LogP) is 2.48. The lowest BCUT2D eigenvalue weighted by Gasteiger charge is -2.19. The second-order valence-corrected chi connectivity index (χ2v) is 5.08. The maximum Gasteiger partial charge on any atom is 0.280 e. The molecule has 0 atom stereocenters. The molecule has 0 bridgehead atoms. The van der Waals surface area contributed by atoms with Crippen molar-refractivity contribution in [3.63, 3.8) is 0 Å². The van der Waals surface area contributed by atoms with Crippen LogP contribution in [0.4, 0.5) is 5.69 Å². The molecule has 1 heterocycles. The summed E-state index contributed by atoms with van der Waals surface area (Å²) in [6.45, 7) is 0. The van der Waals surface area contributed by atoms with E-state index in [1.54, 1.807) is 55.6 Å². The Bertz CT molecular complexity index is 812. The lowest BCUT2D eigenvalue weighted by molar-refractivity contribution is -0.134. The number of benzene rings is 2. The molecule has 122 valence electrons. The first kappa shape index (κ1) is 15.6. The Morgan fingerprint density at radius 1 is 0.917 bits per heavy atom. The number of para-hydroxylation sites is 2. The summed E-state index contributed by atoms with van der Waals surface area (Å²) < 4.78 is 10.3. The Hall–Kier alpha value is -3.28. The minimum atomic E-state index is -0.434. The number of carbonyl (C=O) groups excluding carboxylic acids is 2. The van der Waals surface area contributed by atoms with Crippen molar-refractivity contribution in [3.8, 4) is 11.5 Å². The Kier molecular flexibility index (Phi) is 4.20. The van der Waals surface area contributed by atoms with Crippen molar-refractivity contribution in [2.45, 2.75) is 0 Å². The van der Waals surface area contributed by atoms with Gasteiger partial charge in [-0.1, -0.05) is 24.3 Å². The van der Waals surface area contributed by atoms with Crippen LogP contribution in [-0.2, 0) is 9.59 Å². The summed E-state index contributed by atoms with van der Waals surface area (Å²) in [6.07, 6.45) is 1.31. The molecular formula is C18H16N2O4. The number of carbonyl (C=O) groups is 2. The molecule has 0 aliphatic carbocycles. The number of rotatable bonds is 5. The van der Waals surface area contributed by atoms with Gasteiger partial charge in [-0.3, -0.25) is 15.0 Å². The van der Waals surface area contributed by atoms with E-state index in [4.69, 9.17) is 9.47 Å². The van der Waals surface area contributed by atoms with Crippen LogP contribution in [0.25, 0.3) is 5.57 Å². The highest BCUT2D eigenvalue weighted by molar-refractivity contribution is 6.33. The number of anilines is 1. The van der Waals surface area contributed by atoms with Crippen molar-refractivity contribution in [2.24, 2.45) is 0 Å². The maximum absolute atomic E-state index is 12.6. The van der Waals surface area contributed by atoms with E-state index < -0.39 is 11.8 Å². The third-order valence-electron chi connectivity index (χ3n) is 3.66. The fraction of sp³-hybridized carbons (Fsp3) is 0.111. The van der Waals surface area contributed by atoms with E-state index in [0.29, 0.717) is 28.3 Å². The van der Waals surface area contributed by atoms with Crippen LogP contribution in [0, 0.1) is 0 Å². The Balaban J connectivity index is 1.83. The first-order valence-electron chi connectivity index (χ1n) is 7.28. The van der Waals surface area contributed by atoms with Crippen molar-refractivity contribution < 1.29 is 19.1 Å². The minimum Gasteiger partial charge on any atom is -0.497 e. The highest BCUT2D eigenvalue weighted by Gasteiger charge is 2.32. The Morgan fingerprint density at radius 3 is 2.29 bits per heavy atom. The highest BCUT2D eigenvalue weighted by Crippen LogP contribution is 2.28. The van der Waals surface area contributed by atoms with E-state index in [2.05, 4.69) is 5.43 Å². The molecule has 2 aromatic carbocycles. The fourth-order valence-corrected chi connectivity index (χ4v) is 2.41. The van der Waals surface area contributed by atoms with Crippen molar-refractivity contribution in [1.29, 1.82) is 0 Å². The van der Waals surface area contributed by atoms with E-state index in [1.165, 1.54) is 13.2 Å². The normalized spacial score (nSPS) is 13.8. The monoisotopic (exact) mass is 324 g/mol. The van der Waals surface area contributed by atoms with Crippen LogP contribution < -0.4 is 14.9 Å². The molecule has 0 radical (unpaired) electrons. The second kappa shape index (κ2) is 6.45. The number of nitrogens with zero attached hydrogens (tertiary/aromatic N) is 1. The minimum absolute atomic E-state index is 0.324. The van der Waals surface area contributed by atoms with Gasteiger partial charge in [0.25, 0.3) is 11.8 Å². The summed E-state index contributed by atoms with van der Waals surface area (Å²) in [4.78, 5) is 24.8. The molecular weight excluding hydrogens is 308 g/mol. The number of nitrogens with one attached hydrogen (secondary N) is 1. The van der Waals surface area contributed by atoms with Crippen LogP contribution in [0.3, 0.4) is 0 Å². The molecule has 0 spiro atoms. The summed E-state index contributed by atoms with van der Waals surface area (Å²) in [5.74, 6) is 0.365. The fourth-order valence-electron chi connectivity index (χ4n) is 2.41. The van der Waals surface area contributed by atoms with Crippen LogP contribution in [0.2, 0.25) is 0 Å². The van der Waals surface area contributed by atoms with Gasteiger partial charge in [-0.15, -0.1) is 0 Å². The Morgan fingerprint density at radius 2 is 1.62 bits per heavy atom. The average Bonchev–Trinajstić information content (AvgIpc) is 2.90. The number of imide groups is 1. The van der Waals surface area contributed by atoms with Gasteiger partial charge >= 0.3 is 0 Å². The average molecular weight is 324 g/mol. The summed E-state index contributed by atoms with van der Waals surface area (Å²) >= 11 is 0. The molecule has 0 saturated carbocycles. The molecule has 3 rings (SSSR count). The zero-order valence-corrected chi connectivity index (χ0v) is 13.3. The molecule has 24 heavy (non-hydrogen) atoms. The number of ether oxygens (including phenoxy) is 2. The first-order valence-corrected chi connectivity index (χ1v) is 7.28. The topological polar surface area (TPSA) is 67.9 Å². The van der Waals surface area contributed by atoms with Gasteiger partial charge < -0.3 is 9.47 Å². The maximum atomic E-state index is 12.6. The standard InChI is InChI=1S/C18H16N2O4/c1-23-13-9-7-12(8-10-13)14-11-17(21)20(18(14)22)19-15-5-3-4-6-16(15)24-2/h3-11,19H,1-2H3. The van der Waals surface area contributed by atoms with Crippen molar-refractivity contribution in [1.82, 2.24) is 5.01 Å². The van der Waals surface area contributed by atoms with Gasteiger partial charge in [-0.2, -0.15) is 5.01 Å². The van der Waals surface area contributed by atoms with Crippen molar-refractivity contribution in [3.05, 3.63) is 60.2 Å². The predicted molar refractivity (Wildman–Crippen MR) is 89.4 cm³/mol. The van der Waals surface area contributed by atoms with Crippen LogP contribution in [0.1, 0.15) is 5.56 Å². The second-order valence-electron chi connectivity index (χ2n) is 5.08. The zero-order valence-electron chi connectivity index (χ0n) is 13.3. The van der Waals surface area contributed by atoms with E-state index >= 15 is 0 Å². The number of amides is 2. The van der Waals surface area contributed by atoms with Gasteiger partial charge in [0.15, 0.2) is 0 Å². The van der Waals surface area contributed by atoms with E-state index in [0.717, 1.165) is 5.01 Å². The summed E-state index contributed by atoms with van der Waals surface area (Å²) in [6, 6.07) is 14.0. The first-order chi connectivity index (χ1) is 11.6. The summed E-state index contributed by atoms with van der Waals surface area (Å²) in [5, 5.41) is 0.970. The van der Waals surface area contributed by atoms with Gasteiger partial charge in [-0.05, 0) is 29.8 Å². The van der Waals surface area contributed by atoms with Gasteiger partial charge in [0, 0.05) is 6.08 Å². The highest BCUT2D eigenvalue weighted by atomic mass is 16.5. The number of methoxy groups -OCH3 is 2. The third kappa shape index (κ3) is 2.81. The molecule has 1 aliphatic rings. The lowest BCUT2D eigenvalue weighted by Crippen LogP contribution is -2.36. The van der Waals surface area contributed by atoms with E-state index in [1.807, 2.05) is 0 Å². The van der Waals surface area contributed by atoms with Crippen molar-refractivity contribution in [2.75, 3.05) is 19.6 Å². The molecule has 0 aromatic heterocycles.